The van der Waals surface area contributed by atoms with Crippen molar-refractivity contribution >= 4 is 0 Å². The van der Waals surface area contributed by atoms with E-state index in [2.05, 4.69) is 115 Å². The van der Waals surface area contributed by atoms with Gasteiger partial charge >= 0.3 is 0 Å². The fourth-order valence-corrected chi connectivity index (χ4v) is 9.66. The van der Waals surface area contributed by atoms with E-state index < -0.39 is 0 Å². The van der Waals surface area contributed by atoms with Crippen LogP contribution in [0.3, 0.4) is 0 Å². The molecule has 1 spiro atoms. The van der Waals surface area contributed by atoms with E-state index in [4.69, 9.17) is 0 Å². The normalized spacial score (nSPS) is 25.8. The molecular formula is C38H22. The Bertz CT molecular complexity index is 2050. The van der Waals surface area contributed by atoms with Crippen molar-refractivity contribution in [2.75, 3.05) is 0 Å². The van der Waals surface area contributed by atoms with E-state index >= 15 is 0 Å². The molecule has 0 radical (unpaired) electrons. The van der Waals surface area contributed by atoms with Gasteiger partial charge in [-0.3, -0.25) is 0 Å². The smallest absolute Gasteiger partial charge is 0.0688 e. The SMILES string of the molecule is C1=CC2C(=C1)C13c4ccccc4C4c5ccccc5-c5ccc(c1c54)C1c4ccccc4-c4ccc2c3c41. The van der Waals surface area contributed by atoms with E-state index in [-0.39, 0.29) is 5.41 Å². The predicted octanol–water partition coefficient (Wildman–Crippen LogP) is 8.56. The Kier molecular flexibility index (Phi) is 2.89. The third kappa shape index (κ3) is 1.68. The molecule has 0 fully saturated rings. The summed E-state index contributed by atoms with van der Waals surface area (Å²) in [6.45, 7) is 0. The molecule has 0 aliphatic heterocycles. The molecule has 0 heterocycles. The maximum atomic E-state index is 2.51. The Morgan fingerprint density at radius 3 is 1.79 bits per heavy atom. The predicted molar refractivity (Wildman–Crippen MR) is 152 cm³/mol. The molecule has 4 atom stereocenters. The second-order valence-electron chi connectivity index (χ2n) is 11.8. The minimum atomic E-state index is -0.219. The minimum absolute atomic E-state index is 0.219. The summed E-state index contributed by atoms with van der Waals surface area (Å²) in [5.41, 5.74) is 22.4. The molecule has 4 unspecified atom stereocenters. The van der Waals surface area contributed by atoms with Crippen LogP contribution in [-0.4, -0.2) is 0 Å². The molecule has 0 saturated heterocycles. The zero-order valence-electron chi connectivity index (χ0n) is 20.7. The lowest BCUT2D eigenvalue weighted by atomic mass is 9.53. The van der Waals surface area contributed by atoms with Gasteiger partial charge < -0.3 is 0 Å². The summed E-state index contributed by atoms with van der Waals surface area (Å²) in [4.78, 5) is 0. The maximum Gasteiger partial charge on any atom is 0.0688 e. The molecule has 5 aromatic rings. The molecule has 0 saturated carbocycles. The Balaban J connectivity index is 1.42. The number of fused-ring (bicyclic) bond motifs is 11. The molecule has 38 heavy (non-hydrogen) atoms. The van der Waals surface area contributed by atoms with Crippen LogP contribution in [0.15, 0.2) is 121 Å². The van der Waals surface area contributed by atoms with Crippen LogP contribution in [0.4, 0.5) is 0 Å². The first kappa shape index (κ1) is 18.8. The zero-order chi connectivity index (χ0) is 24.3. The van der Waals surface area contributed by atoms with Crippen LogP contribution < -0.4 is 0 Å². The topological polar surface area (TPSA) is 0 Å². The van der Waals surface area contributed by atoms with Gasteiger partial charge in [-0.1, -0.05) is 115 Å². The fraction of sp³-hybridized carbons (Fsp3) is 0.105. The summed E-state index contributed by atoms with van der Waals surface area (Å²) in [5.74, 6) is 0.967. The van der Waals surface area contributed by atoms with Gasteiger partial charge in [-0.05, 0) is 83.5 Å². The monoisotopic (exact) mass is 478 g/mol. The van der Waals surface area contributed by atoms with Crippen molar-refractivity contribution in [1.82, 2.24) is 0 Å². The second-order valence-corrected chi connectivity index (χ2v) is 11.8. The van der Waals surface area contributed by atoms with Crippen LogP contribution in [0.2, 0.25) is 0 Å². The second kappa shape index (κ2) is 5.84. The Morgan fingerprint density at radius 2 is 1.05 bits per heavy atom. The van der Waals surface area contributed by atoms with Gasteiger partial charge in [0.25, 0.3) is 0 Å². The van der Waals surface area contributed by atoms with Gasteiger partial charge in [0.15, 0.2) is 0 Å². The summed E-state index contributed by atoms with van der Waals surface area (Å²) < 4.78 is 0. The first-order valence-electron chi connectivity index (χ1n) is 13.9. The van der Waals surface area contributed by atoms with Crippen molar-refractivity contribution in [2.24, 2.45) is 0 Å². The first-order chi connectivity index (χ1) is 18.9. The summed E-state index contributed by atoms with van der Waals surface area (Å²) in [7, 11) is 0. The van der Waals surface area contributed by atoms with Crippen LogP contribution in [0, 0.1) is 0 Å². The average molecular weight is 479 g/mol. The first-order valence-corrected chi connectivity index (χ1v) is 13.9. The van der Waals surface area contributed by atoms with Crippen molar-refractivity contribution in [3.8, 4) is 22.3 Å². The fourth-order valence-electron chi connectivity index (χ4n) is 9.66. The Labute approximate surface area is 221 Å². The quantitative estimate of drug-likeness (QED) is 0.205. The molecule has 5 aromatic carbocycles. The largest absolute Gasteiger partial charge is 0.0729 e. The summed E-state index contributed by atoms with van der Waals surface area (Å²) >= 11 is 0. The standard InChI is InChI=1S/C38H22/c1-3-10-23-20(8-1)26-17-19-29-33-24-11-4-2-9-21(24)25-16-18-27-22-13-7-15-30(22)38(36(27)35(25)33)31-14-6-5-12-28(31)32(23)34(26)37(29)38/h1-19,22,32-33H. The molecule has 0 heteroatoms. The van der Waals surface area contributed by atoms with Gasteiger partial charge in [0.2, 0.25) is 0 Å². The number of allylic oxidation sites excluding steroid dienone is 4. The number of hydrogen-bond donors (Lipinski definition) is 0. The lowest BCUT2D eigenvalue weighted by molar-refractivity contribution is 0.645. The van der Waals surface area contributed by atoms with Gasteiger partial charge in [0.1, 0.15) is 0 Å². The highest BCUT2D eigenvalue weighted by Crippen LogP contribution is 2.73. The third-order valence-corrected chi connectivity index (χ3v) is 10.7. The third-order valence-electron chi connectivity index (χ3n) is 10.7. The Morgan fingerprint density at radius 1 is 0.474 bits per heavy atom. The lowest BCUT2D eigenvalue weighted by Crippen LogP contribution is -2.40. The van der Waals surface area contributed by atoms with E-state index in [9.17, 15) is 0 Å². The molecule has 174 valence electrons. The van der Waals surface area contributed by atoms with Gasteiger partial charge in [-0.15, -0.1) is 0 Å². The van der Waals surface area contributed by atoms with Crippen LogP contribution in [0.25, 0.3) is 22.3 Å². The zero-order valence-corrected chi connectivity index (χ0v) is 20.7. The van der Waals surface area contributed by atoms with E-state index in [1.807, 2.05) is 0 Å². The molecule has 6 aliphatic rings. The number of hydrogen-bond acceptors (Lipinski definition) is 0. The highest BCUT2D eigenvalue weighted by Gasteiger charge is 2.62. The molecule has 6 aliphatic carbocycles. The summed E-state index contributed by atoms with van der Waals surface area (Å²) in [6.07, 6.45) is 7.23. The summed E-state index contributed by atoms with van der Waals surface area (Å²) in [6, 6.07) is 37.6. The van der Waals surface area contributed by atoms with E-state index in [0.717, 1.165) is 0 Å². The number of rotatable bonds is 0. The van der Waals surface area contributed by atoms with Crippen molar-refractivity contribution in [2.45, 2.75) is 23.2 Å². The number of benzene rings is 5. The lowest BCUT2D eigenvalue weighted by Gasteiger charge is -2.48. The van der Waals surface area contributed by atoms with E-state index in [0.29, 0.717) is 17.8 Å². The molecular weight excluding hydrogens is 456 g/mol. The maximum absolute atomic E-state index is 2.51. The van der Waals surface area contributed by atoms with Gasteiger partial charge in [0, 0.05) is 17.8 Å². The van der Waals surface area contributed by atoms with Crippen molar-refractivity contribution in [1.29, 1.82) is 0 Å². The van der Waals surface area contributed by atoms with E-state index in [1.165, 1.54) is 55.6 Å². The molecule has 0 bridgehead atoms. The van der Waals surface area contributed by atoms with Gasteiger partial charge in [0.05, 0.1) is 5.41 Å². The highest BCUT2D eigenvalue weighted by molar-refractivity contribution is 5.95. The van der Waals surface area contributed by atoms with Crippen molar-refractivity contribution in [3.05, 3.63) is 176 Å². The van der Waals surface area contributed by atoms with Crippen LogP contribution in [0.5, 0.6) is 0 Å². The molecule has 0 nitrogen and oxygen atoms in total. The highest BCUT2D eigenvalue weighted by atomic mass is 14.6. The molecule has 11 rings (SSSR count). The minimum Gasteiger partial charge on any atom is -0.0729 e. The van der Waals surface area contributed by atoms with Crippen LogP contribution >= 0.6 is 0 Å². The van der Waals surface area contributed by atoms with E-state index in [1.54, 1.807) is 27.8 Å². The molecule has 0 N–H and O–H groups in total. The Hall–Kier alpha value is -4.42. The molecule has 0 aromatic heterocycles. The molecule has 0 amide bonds. The van der Waals surface area contributed by atoms with Gasteiger partial charge in [-0.2, -0.15) is 0 Å². The van der Waals surface area contributed by atoms with Crippen LogP contribution in [-0.2, 0) is 5.41 Å². The van der Waals surface area contributed by atoms with Gasteiger partial charge in [-0.25, -0.2) is 0 Å². The van der Waals surface area contributed by atoms with Crippen molar-refractivity contribution in [3.63, 3.8) is 0 Å². The van der Waals surface area contributed by atoms with Crippen molar-refractivity contribution < 1.29 is 0 Å². The van der Waals surface area contributed by atoms with Crippen LogP contribution in [0.1, 0.15) is 73.4 Å². The summed E-state index contributed by atoms with van der Waals surface area (Å²) in [5, 5.41) is 0. The average Bonchev–Trinajstić information content (AvgIpc) is 3.72.